The van der Waals surface area contributed by atoms with Crippen LogP contribution in [-0.4, -0.2) is 17.6 Å². The van der Waals surface area contributed by atoms with Gasteiger partial charge in [0.05, 0.1) is 6.04 Å². The lowest BCUT2D eigenvalue weighted by Gasteiger charge is -2.18. The monoisotopic (exact) mass is 241 g/mol. The minimum atomic E-state index is 0.293. The maximum atomic E-state index is 6.01. The smallest absolute Gasteiger partial charge is 0.109 e. The summed E-state index contributed by atoms with van der Waals surface area (Å²) in [6, 6.07) is 0.681. The lowest BCUT2D eigenvalue weighted by Crippen LogP contribution is -2.32. The molecule has 0 aliphatic rings. The van der Waals surface area contributed by atoms with Crippen molar-refractivity contribution in [3.63, 3.8) is 0 Å². The van der Waals surface area contributed by atoms with E-state index in [1.54, 1.807) is 11.3 Å². The normalized spacial score (nSPS) is 15.3. The number of nitrogens with zero attached hydrogens (tertiary/aromatic N) is 1. The Bertz CT molecular complexity index is 272. The Morgan fingerprint density at radius 2 is 2.25 bits per heavy atom. The van der Waals surface area contributed by atoms with Gasteiger partial charge in [0.2, 0.25) is 0 Å². The highest BCUT2D eigenvalue weighted by molar-refractivity contribution is 7.09. The molecule has 0 saturated carbocycles. The Kier molecular flexibility index (Phi) is 5.95. The first-order valence-corrected chi connectivity index (χ1v) is 6.91. The van der Waals surface area contributed by atoms with Gasteiger partial charge in [-0.2, -0.15) is 0 Å². The van der Waals surface area contributed by atoms with Gasteiger partial charge in [0, 0.05) is 17.6 Å². The minimum Gasteiger partial charge on any atom is -0.327 e. The summed E-state index contributed by atoms with van der Waals surface area (Å²) in [7, 11) is 0. The molecule has 1 rings (SSSR count). The highest BCUT2D eigenvalue weighted by atomic mass is 32.1. The van der Waals surface area contributed by atoms with Gasteiger partial charge in [-0.15, -0.1) is 11.3 Å². The molecule has 0 aliphatic carbocycles. The Hall–Kier alpha value is -0.450. The molecule has 0 saturated heterocycles. The molecule has 0 spiro atoms. The summed E-state index contributed by atoms with van der Waals surface area (Å²) in [4.78, 5) is 4.35. The third-order valence-corrected chi connectivity index (χ3v) is 3.77. The maximum Gasteiger partial charge on any atom is 0.109 e. The summed E-state index contributed by atoms with van der Waals surface area (Å²) in [5, 5.41) is 6.73. The molecule has 0 aliphatic heterocycles. The third kappa shape index (κ3) is 4.20. The van der Waals surface area contributed by atoms with Gasteiger partial charge < -0.3 is 11.1 Å². The summed E-state index contributed by atoms with van der Waals surface area (Å²) < 4.78 is 0. The van der Waals surface area contributed by atoms with Crippen molar-refractivity contribution in [3.05, 3.63) is 16.6 Å². The van der Waals surface area contributed by atoms with Gasteiger partial charge in [0.25, 0.3) is 0 Å². The number of hydrogen-bond acceptors (Lipinski definition) is 4. The van der Waals surface area contributed by atoms with Gasteiger partial charge in [0.15, 0.2) is 0 Å². The lowest BCUT2D eigenvalue weighted by molar-refractivity contribution is 0.424. The van der Waals surface area contributed by atoms with E-state index in [9.17, 15) is 0 Å². The van der Waals surface area contributed by atoms with Crippen LogP contribution in [0.5, 0.6) is 0 Å². The zero-order valence-electron chi connectivity index (χ0n) is 10.4. The molecule has 0 amide bonds. The fourth-order valence-corrected chi connectivity index (χ4v) is 2.37. The minimum absolute atomic E-state index is 0.293. The molecule has 0 fully saturated rings. The molecular formula is C12H23N3S. The van der Waals surface area contributed by atoms with Gasteiger partial charge >= 0.3 is 0 Å². The second-order valence-electron chi connectivity index (χ2n) is 4.48. The number of nitrogens with one attached hydrogen (secondary N) is 1. The maximum absolute atomic E-state index is 6.01. The number of aromatic nitrogens is 1. The predicted octanol–water partition coefficient (Wildman–Crippen LogP) is 2.56. The van der Waals surface area contributed by atoms with Crippen LogP contribution >= 0.6 is 11.3 Å². The van der Waals surface area contributed by atoms with Gasteiger partial charge in [-0.3, -0.25) is 0 Å². The summed E-state index contributed by atoms with van der Waals surface area (Å²) >= 11 is 1.72. The van der Waals surface area contributed by atoms with Gasteiger partial charge in [-0.25, -0.2) is 4.98 Å². The summed E-state index contributed by atoms with van der Waals surface area (Å²) in [6.45, 7) is 7.49. The average Bonchev–Trinajstić information content (AvgIpc) is 2.77. The van der Waals surface area contributed by atoms with Crippen molar-refractivity contribution in [2.75, 3.05) is 6.54 Å². The Morgan fingerprint density at radius 1 is 1.50 bits per heavy atom. The quantitative estimate of drug-likeness (QED) is 0.771. The SMILES string of the molecule is CCC(NCCC(N)C(C)C)c1nccs1. The van der Waals surface area contributed by atoms with Crippen LogP contribution in [0.3, 0.4) is 0 Å². The molecule has 2 unspecified atom stereocenters. The highest BCUT2D eigenvalue weighted by Gasteiger charge is 2.12. The molecule has 1 heterocycles. The van der Waals surface area contributed by atoms with E-state index in [2.05, 4.69) is 31.1 Å². The van der Waals surface area contributed by atoms with Gasteiger partial charge in [-0.05, 0) is 25.3 Å². The molecule has 3 N–H and O–H groups in total. The molecule has 16 heavy (non-hydrogen) atoms. The number of hydrogen-bond donors (Lipinski definition) is 2. The molecule has 0 bridgehead atoms. The molecule has 4 heteroatoms. The van der Waals surface area contributed by atoms with E-state index in [0.29, 0.717) is 18.0 Å². The Balaban J connectivity index is 2.30. The fourth-order valence-electron chi connectivity index (χ4n) is 1.57. The van der Waals surface area contributed by atoms with Crippen molar-refractivity contribution in [1.82, 2.24) is 10.3 Å². The first-order chi connectivity index (χ1) is 7.65. The van der Waals surface area contributed by atoms with E-state index < -0.39 is 0 Å². The van der Waals surface area contributed by atoms with Gasteiger partial charge in [-0.1, -0.05) is 20.8 Å². The average molecular weight is 241 g/mol. The van der Waals surface area contributed by atoms with Crippen LogP contribution in [0, 0.1) is 5.92 Å². The Morgan fingerprint density at radius 3 is 2.75 bits per heavy atom. The number of rotatable bonds is 7. The van der Waals surface area contributed by atoms with Crippen molar-refractivity contribution in [2.45, 2.75) is 45.7 Å². The zero-order valence-corrected chi connectivity index (χ0v) is 11.3. The van der Waals surface area contributed by atoms with Crippen molar-refractivity contribution in [2.24, 2.45) is 11.7 Å². The second-order valence-corrected chi connectivity index (χ2v) is 5.41. The van der Waals surface area contributed by atoms with Crippen molar-refractivity contribution >= 4 is 11.3 Å². The largest absolute Gasteiger partial charge is 0.327 e. The molecular weight excluding hydrogens is 218 g/mol. The molecule has 1 aromatic rings. The zero-order chi connectivity index (χ0) is 12.0. The van der Waals surface area contributed by atoms with E-state index in [-0.39, 0.29) is 0 Å². The van der Waals surface area contributed by atoms with E-state index in [0.717, 1.165) is 19.4 Å². The standard InChI is InChI=1S/C12H23N3S/c1-4-11(12-15-7-8-16-12)14-6-5-10(13)9(2)3/h7-11,14H,4-6,13H2,1-3H3. The van der Waals surface area contributed by atoms with E-state index in [1.807, 2.05) is 11.6 Å². The van der Waals surface area contributed by atoms with Crippen LogP contribution < -0.4 is 11.1 Å². The molecule has 0 aromatic carbocycles. The molecule has 3 nitrogen and oxygen atoms in total. The fraction of sp³-hybridized carbons (Fsp3) is 0.750. The van der Waals surface area contributed by atoms with Crippen LogP contribution in [0.2, 0.25) is 0 Å². The summed E-state index contributed by atoms with van der Waals surface area (Å²) in [5.74, 6) is 0.557. The summed E-state index contributed by atoms with van der Waals surface area (Å²) in [5.41, 5.74) is 6.01. The van der Waals surface area contributed by atoms with Crippen molar-refractivity contribution in [3.8, 4) is 0 Å². The molecule has 0 radical (unpaired) electrons. The molecule has 92 valence electrons. The molecule has 2 atom stereocenters. The van der Waals surface area contributed by atoms with E-state index >= 15 is 0 Å². The lowest BCUT2D eigenvalue weighted by atomic mass is 10.0. The van der Waals surface area contributed by atoms with Gasteiger partial charge in [0.1, 0.15) is 5.01 Å². The first kappa shape index (κ1) is 13.6. The van der Waals surface area contributed by atoms with Crippen molar-refractivity contribution < 1.29 is 0 Å². The van der Waals surface area contributed by atoms with Crippen LogP contribution in [0.4, 0.5) is 0 Å². The van der Waals surface area contributed by atoms with Crippen LogP contribution in [0.1, 0.15) is 44.7 Å². The van der Waals surface area contributed by atoms with E-state index in [4.69, 9.17) is 5.73 Å². The van der Waals surface area contributed by atoms with Crippen LogP contribution in [0.25, 0.3) is 0 Å². The highest BCUT2D eigenvalue weighted by Crippen LogP contribution is 2.18. The van der Waals surface area contributed by atoms with E-state index in [1.165, 1.54) is 5.01 Å². The predicted molar refractivity (Wildman–Crippen MR) is 70.6 cm³/mol. The first-order valence-electron chi connectivity index (χ1n) is 6.03. The van der Waals surface area contributed by atoms with Crippen LogP contribution in [-0.2, 0) is 0 Å². The topological polar surface area (TPSA) is 50.9 Å². The third-order valence-electron chi connectivity index (χ3n) is 2.88. The molecule has 1 aromatic heterocycles. The summed E-state index contributed by atoms with van der Waals surface area (Å²) in [6.07, 6.45) is 3.97. The Labute approximate surface area is 102 Å². The van der Waals surface area contributed by atoms with Crippen LogP contribution in [0.15, 0.2) is 11.6 Å². The second kappa shape index (κ2) is 6.99. The van der Waals surface area contributed by atoms with Crippen molar-refractivity contribution in [1.29, 1.82) is 0 Å². The number of thiazole rings is 1. The number of nitrogens with two attached hydrogens (primary N) is 1.